The Morgan fingerprint density at radius 1 is 1.10 bits per heavy atom. The van der Waals surface area contributed by atoms with Crippen LogP contribution in [0, 0.1) is 0 Å². The van der Waals surface area contributed by atoms with Gasteiger partial charge >= 0.3 is 0 Å². The summed E-state index contributed by atoms with van der Waals surface area (Å²) >= 11 is 0. The van der Waals surface area contributed by atoms with E-state index in [0.29, 0.717) is 6.04 Å². The van der Waals surface area contributed by atoms with Crippen LogP contribution in [0.25, 0.3) is 0 Å². The molecule has 3 aliphatic rings. The number of nitrogens with one attached hydrogen (secondary N) is 2. The summed E-state index contributed by atoms with van der Waals surface area (Å²) in [7, 11) is 3.67. The largest absolute Gasteiger partial charge is 0.383 e. The maximum Gasteiger partial charge on any atom is 0.191 e. The fraction of sp³-hybridized carbons (Fsp3) is 0.952. The molecule has 7 nitrogen and oxygen atoms in total. The predicted molar refractivity (Wildman–Crippen MR) is 129 cm³/mol. The first-order chi connectivity index (χ1) is 13.8. The van der Waals surface area contributed by atoms with Crippen LogP contribution in [0.3, 0.4) is 0 Å². The van der Waals surface area contributed by atoms with Crippen molar-refractivity contribution in [3.8, 4) is 0 Å². The molecule has 0 aromatic heterocycles. The van der Waals surface area contributed by atoms with E-state index in [1.165, 1.54) is 51.5 Å². The number of hydrogen-bond donors (Lipinski definition) is 2. The second kappa shape index (κ2) is 13.3. The van der Waals surface area contributed by atoms with Gasteiger partial charge in [0.2, 0.25) is 0 Å². The lowest BCUT2D eigenvalue weighted by Gasteiger charge is -2.48. The van der Waals surface area contributed by atoms with Crippen LogP contribution in [0.4, 0.5) is 0 Å². The second-order valence-electron chi connectivity index (χ2n) is 8.52. The van der Waals surface area contributed by atoms with Gasteiger partial charge in [0.25, 0.3) is 0 Å². The zero-order valence-electron chi connectivity index (χ0n) is 18.5. The first-order valence-electron chi connectivity index (χ1n) is 11.3. The minimum Gasteiger partial charge on any atom is -0.383 e. The standard InChI is InChI=1S/C21H41N5O2.HI/c1-22-20(23-17-19-7-6-10-25(19)11-14-27-2)24-18-21(8-4-3-5-9-21)26-12-15-28-16-13-26;/h19H,3-18H2,1-2H3,(H2,22,23,24);1H. The molecular formula is C21H42IN5O2. The van der Waals surface area contributed by atoms with E-state index in [-0.39, 0.29) is 29.5 Å². The van der Waals surface area contributed by atoms with Gasteiger partial charge in [-0.25, -0.2) is 0 Å². The summed E-state index contributed by atoms with van der Waals surface area (Å²) in [6.07, 6.45) is 9.14. The Labute approximate surface area is 194 Å². The molecule has 1 saturated carbocycles. The average Bonchev–Trinajstić information content (AvgIpc) is 3.21. The van der Waals surface area contributed by atoms with Gasteiger partial charge in [-0.15, -0.1) is 24.0 Å². The molecule has 8 heteroatoms. The average molecular weight is 524 g/mol. The van der Waals surface area contributed by atoms with E-state index in [1.54, 1.807) is 7.11 Å². The first-order valence-corrected chi connectivity index (χ1v) is 11.3. The number of halogens is 1. The van der Waals surface area contributed by atoms with Gasteiger partial charge in [-0.2, -0.15) is 0 Å². The van der Waals surface area contributed by atoms with Crippen molar-refractivity contribution >= 4 is 29.9 Å². The summed E-state index contributed by atoms with van der Waals surface area (Å²) in [6.45, 7) is 8.80. The maximum absolute atomic E-state index is 5.60. The molecule has 0 aromatic rings. The van der Waals surface area contributed by atoms with Crippen molar-refractivity contribution < 1.29 is 9.47 Å². The fourth-order valence-electron chi connectivity index (χ4n) is 5.16. The van der Waals surface area contributed by atoms with Crippen LogP contribution in [-0.2, 0) is 9.47 Å². The molecule has 0 bridgehead atoms. The van der Waals surface area contributed by atoms with E-state index in [0.717, 1.165) is 58.5 Å². The molecule has 0 radical (unpaired) electrons. The number of morpholine rings is 1. The molecule has 2 heterocycles. The summed E-state index contributed by atoms with van der Waals surface area (Å²) in [6, 6.07) is 0.580. The third kappa shape index (κ3) is 7.19. The SMILES string of the molecule is CN=C(NCC1CCCN1CCOC)NCC1(N2CCOCC2)CCCCC1.I. The van der Waals surface area contributed by atoms with Crippen LogP contribution in [0.15, 0.2) is 4.99 Å². The molecule has 2 saturated heterocycles. The molecule has 0 amide bonds. The van der Waals surface area contributed by atoms with Crippen LogP contribution < -0.4 is 10.6 Å². The van der Waals surface area contributed by atoms with Gasteiger partial charge in [-0.3, -0.25) is 14.8 Å². The van der Waals surface area contributed by atoms with Crippen molar-refractivity contribution in [2.24, 2.45) is 4.99 Å². The van der Waals surface area contributed by atoms with Gasteiger partial charge in [0.1, 0.15) is 0 Å². The quantitative estimate of drug-likeness (QED) is 0.288. The van der Waals surface area contributed by atoms with Gasteiger partial charge < -0.3 is 20.1 Å². The fourth-order valence-corrected chi connectivity index (χ4v) is 5.16. The number of hydrogen-bond acceptors (Lipinski definition) is 5. The van der Waals surface area contributed by atoms with Crippen LogP contribution in [-0.4, -0.2) is 101 Å². The van der Waals surface area contributed by atoms with Gasteiger partial charge in [0.05, 0.1) is 19.8 Å². The monoisotopic (exact) mass is 523 g/mol. The lowest BCUT2D eigenvalue weighted by Crippen LogP contribution is -2.60. The van der Waals surface area contributed by atoms with Crippen LogP contribution >= 0.6 is 24.0 Å². The van der Waals surface area contributed by atoms with E-state index in [4.69, 9.17) is 9.47 Å². The molecule has 29 heavy (non-hydrogen) atoms. The molecule has 2 aliphatic heterocycles. The number of rotatable bonds is 8. The predicted octanol–water partition coefficient (Wildman–Crippen LogP) is 1.92. The Kier molecular flexibility index (Phi) is 11.5. The summed E-state index contributed by atoms with van der Waals surface area (Å²) in [4.78, 5) is 9.73. The Balaban J connectivity index is 0.00000300. The maximum atomic E-state index is 5.60. The highest BCUT2D eigenvalue weighted by Gasteiger charge is 2.38. The number of ether oxygens (including phenoxy) is 2. The lowest BCUT2D eigenvalue weighted by molar-refractivity contribution is -0.0352. The minimum absolute atomic E-state index is 0. The summed E-state index contributed by atoms with van der Waals surface area (Å²) in [5, 5.41) is 7.26. The number of guanidine groups is 1. The van der Waals surface area contributed by atoms with Crippen molar-refractivity contribution in [1.82, 2.24) is 20.4 Å². The van der Waals surface area contributed by atoms with Gasteiger partial charge in [-0.1, -0.05) is 19.3 Å². The zero-order valence-corrected chi connectivity index (χ0v) is 20.8. The van der Waals surface area contributed by atoms with Crippen molar-refractivity contribution in [3.63, 3.8) is 0 Å². The molecule has 2 N–H and O–H groups in total. The summed E-state index contributed by atoms with van der Waals surface area (Å²) in [5.74, 6) is 0.941. The number of likely N-dealkylation sites (tertiary alicyclic amines) is 1. The Bertz CT molecular complexity index is 482. The Morgan fingerprint density at radius 3 is 2.55 bits per heavy atom. The van der Waals surface area contributed by atoms with Crippen molar-refractivity contribution in [1.29, 1.82) is 0 Å². The highest BCUT2D eigenvalue weighted by Crippen LogP contribution is 2.33. The second-order valence-corrected chi connectivity index (χ2v) is 8.52. The molecule has 1 aliphatic carbocycles. The van der Waals surface area contributed by atoms with E-state index < -0.39 is 0 Å². The van der Waals surface area contributed by atoms with Crippen molar-refractivity contribution in [2.75, 3.05) is 73.2 Å². The summed E-state index contributed by atoms with van der Waals surface area (Å²) < 4.78 is 10.9. The number of nitrogens with zero attached hydrogens (tertiary/aromatic N) is 3. The van der Waals surface area contributed by atoms with Gasteiger partial charge in [-0.05, 0) is 32.2 Å². The zero-order chi connectivity index (χ0) is 19.7. The topological polar surface area (TPSA) is 61.4 Å². The third-order valence-electron chi connectivity index (χ3n) is 6.86. The van der Waals surface area contributed by atoms with E-state index in [9.17, 15) is 0 Å². The highest BCUT2D eigenvalue weighted by atomic mass is 127. The van der Waals surface area contributed by atoms with Crippen LogP contribution in [0.5, 0.6) is 0 Å². The minimum atomic E-state index is 0. The van der Waals surface area contributed by atoms with E-state index >= 15 is 0 Å². The Morgan fingerprint density at radius 2 is 1.86 bits per heavy atom. The molecular weight excluding hydrogens is 481 g/mol. The van der Waals surface area contributed by atoms with Gasteiger partial charge in [0, 0.05) is 58.5 Å². The molecule has 3 fully saturated rings. The number of aliphatic imine (C=N–C) groups is 1. The van der Waals surface area contributed by atoms with Crippen molar-refractivity contribution in [3.05, 3.63) is 0 Å². The lowest BCUT2D eigenvalue weighted by atomic mass is 9.80. The van der Waals surface area contributed by atoms with Gasteiger partial charge in [0.15, 0.2) is 5.96 Å². The normalized spacial score (nSPS) is 26.1. The summed E-state index contributed by atoms with van der Waals surface area (Å²) in [5.41, 5.74) is 0.261. The molecule has 0 aromatic carbocycles. The molecule has 0 spiro atoms. The van der Waals surface area contributed by atoms with Crippen LogP contribution in [0.1, 0.15) is 44.9 Å². The Hall–Kier alpha value is -0.160. The highest BCUT2D eigenvalue weighted by molar-refractivity contribution is 14.0. The van der Waals surface area contributed by atoms with E-state index in [1.807, 2.05) is 7.05 Å². The van der Waals surface area contributed by atoms with E-state index in [2.05, 4.69) is 25.4 Å². The molecule has 1 unspecified atom stereocenters. The van der Waals surface area contributed by atoms with Crippen LogP contribution in [0.2, 0.25) is 0 Å². The van der Waals surface area contributed by atoms with Crippen molar-refractivity contribution in [2.45, 2.75) is 56.5 Å². The smallest absolute Gasteiger partial charge is 0.191 e. The third-order valence-corrected chi connectivity index (χ3v) is 6.86. The first kappa shape index (κ1) is 25.1. The molecule has 3 rings (SSSR count). The number of methoxy groups -OCH3 is 1. The molecule has 170 valence electrons. The molecule has 1 atom stereocenters.